The van der Waals surface area contributed by atoms with E-state index in [1.165, 1.54) is 0 Å². The van der Waals surface area contributed by atoms with Crippen LogP contribution in [-0.4, -0.2) is 42.8 Å². The summed E-state index contributed by atoms with van der Waals surface area (Å²) in [6.07, 6.45) is 6.07. The lowest BCUT2D eigenvalue weighted by molar-refractivity contribution is -0.136. The van der Waals surface area contributed by atoms with Gasteiger partial charge in [-0.1, -0.05) is 6.92 Å². The Kier molecular flexibility index (Phi) is 4.41. The van der Waals surface area contributed by atoms with Gasteiger partial charge in [0.15, 0.2) is 0 Å². The predicted molar refractivity (Wildman–Crippen MR) is 97.6 cm³/mol. The Morgan fingerprint density at radius 3 is 2.67 bits per heavy atom. The van der Waals surface area contributed by atoms with Crippen molar-refractivity contribution in [1.82, 2.24) is 29.7 Å². The van der Waals surface area contributed by atoms with Crippen molar-refractivity contribution in [2.75, 3.05) is 6.54 Å². The smallest absolute Gasteiger partial charge is 0.271 e. The molecule has 142 valence electrons. The molecule has 0 bridgehead atoms. The molecule has 1 fully saturated rings. The van der Waals surface area contributed by atoms with Crippen molar-refractivity contribution < 1.29 is 9.59 Å². The van der Waals surface area contributed by atoms with E-state index in [1.54, 1.807) is 18.6 Å². The Balaban J connectivity index is 1.43. The monoisotopic (exact) mass is 368 g/mol. The molecule has 2 amide bonds. The summed E-state index contributed by atoms with van der Waals surface area (Å²) < 4.78 is 1.98. The first kappa shape index (κ1) is 17.6. The normalized spacial score (nSPS) is 23.7. The van der Waals surface area contributed by atoms with Crippen LogP contribution < -0.4 is 5.32 Å². The highest BCUT2D eigenvalue weighted by Gasteiger charge is 2.44. The van der Waals surface area contributed by atoms with Crippen molar-refractivity contribution >= 4 is 11.8 Å². The molecule has 27 heavy (non-hydrogen) atoms. The number of amides is 2. The van der Waals surface area contributed by atoms with E-state index in [-0.39, 0.29) is 23.8 Å². The first-order valence-corrected chi connectivity index (χ1v) is 9.37. The second kappa shape index (κ2) is 6.75. The minimum Gasteiger partial charge on any atom is -0.345 e. The van der Waals surface area contributed by atoms with Gasteiger partial charge in [0.05, 0.1) is 30.2 Å². The number of hydrogen-bond acceptors (Lipinski definition) is 5. The third-order valence-corrected chi connectivity index (χ3v) is 5.44. The van der Waals surface area contributed by atoms with Crippen molar-refractivity contribution in [2.45, 2.75) is 46.3 Å². The van der Waals surface area contributed by atoms with E-state index in [4.69, 9.17) is 0 Å². The standard InChI is InChI=1S/C19H24N6O2/c1-11-6-15(11)19(27)25-5-4-24-10-16(23-17(24)13(25)3)18(26)22-9-14-8-20-12(2)7-21-14/h7-8,10-11,13,15H,4-6,9H2,1-3H3,(H,22,26)/t11-,13+,15-/m1/s1. The lowest BCUT2D eigenvalue weighted by Crippen LogP contribution is -2.42. The highest BCUT2D eigenvalue weighted by Crippen LogP contribution is 2.41. The average molecular weight is 368 g/mol. The highest BCUT2D eigenvalue weighted by molar-refractivity contribution is 5.92. The molecule has 1 saturated carbocycles. The minimum absolute atomic E-state index is 0.122. The number of aryl methyl sites for hydroxylation is 1. The van der Waals surface area contributed by atoms with E-state index in [0.29, 0.717) is 36.9 Å². The summed E-state index contributed by atoms with van der Waals surface area (Å²) in [7, 11) is 0. The summed E-state index contributed by atoms with van der Waals surface area (Å²) in [4.78, 5) is 39.9. The van der Waals surface area contributed by atoms with Gasteiger partial charge in [-0.25, -0.2) is 4.98 Å². The summed E-state index contributed by atoms with van der Waals surface area (Å²) in [5.74, 6) is 1.38. The first-order chi connectivity index (χ1) is 12.9. The van der Waals surface area contributed by atoms with Crippen molar-refractivity contribution in [1.29, 1.82) is 0 Å². The summed E-state index contributed by atoms with van der Waals surface area (Å²) in [6.45, 7) is 7.58. The second-order valence-corrected chi connectivity index (χ2v) is 7.54. The molecule has 3 atom stereocenters. The third kappa shape index (κ3) is 3.43. The van der Waals surface area contributed by atoms with Crippen LogP contribution in [-0.2, 0) is 17.9 Å². The maximum Gasteiger partial charge on any atom is 0.271 e. The van der Waals surface area contributed by atoms with Crippen LogP contribution in [0.5, 0.6) is 0 Å². The molecule has 0 saturated heterocycles. The molecule has 4 rings (SSSR count). The lowest BCUT2D eigenvalue weighted by Gasteiger charge is -2.34. The minimum atomic E-state index is -0.250. The van der Waals surface area contributed by atoms with Crippen LogP contribution in [0.2, 0.25) is 0 Å². The van der Waals surface area contributed by atoms with Crippen LogP contribution in [0, 0.1) is 18.8 Å². The Morgan fingerprint density at radius 1 is 1.22 bits per heavy atom. The zero-order valence-corrected chi connectivity index (χ0v) is 15.8. The van der Waals surface area contributed by atoms with Crippen LogP contribution >= 0.6 is 0 Å². The maximum absolute atomic E-state index is 12.6. The van der Waals surface area contributed by atoms with Crippen molar-refractivity contribution in [2.24, 2.45) is 11.8 Å². The topological polar surface area (TPSA) is 93.0 Å². The van der Waals surface area contributed by atoms with Gasteiger partial charge in [-0.2, -0.15) is 0 Å². The fourth-order valence-electron chi connectivity index (χ4n) is 3.55. The average Bonchev–Trinajstić information content (AvgIpc) is 3.22. The number of nitrogens with zero attached hydrogens (tertiary/aromatic N) is 5. The van der Waals surface area contributed by atoms with Gasteiger partial charge in [0.2, 0.25) is 5.91 Å². The van der Waals surface area contributed by atoms with Crippen molar-refractivity contribution in [3.63, 3.8) is 0 Å². The van der Waals surface area contributed by atoms with Gasteiger partial charge in [0, 0.05) is 31.4 Å². The number of aromatic nitrogens is 4. The number of nitrogens with one attached hydrogen (secondary N) is 1. The molecular formula is C19H24N6O2. The number of rotatable bonds is 4. The number of carbonyl (C=O) groups is 2. The van der Waals surface area contributed by atoms with Crippen LogP contribution in [0.1, 0.15) is 54.0 Å². The summed E-state index contributed by atoms with van der Waals surface area (Å²) >= 11 is 0. The predicted octanol–water partition coefficient (Wildman–Crippen LogP) is 1.47. The van der Waals surface area contributed by atoms with Gasteiger partial charge in [-0.3, -0.25) is 19.6 Å². The third-order valence-electron chi connectivity index (χ3n) is 5.44. The molecule has 1 aliphatic carbocycles. The van der Waals surface area contributed by atoms with E-state index in [0.717, 1.165) is 17.9 Å². The van der Waals surface area contributed by atoms with Gasteiger partial charge < -0.3 is 14.8 Å². The molecule has 1 aliphatic heterocycles. The zero-order chi connectivity index (χ0) is 19.1. The molecule has 8 heteroatoms. The van der Waals surface area contributed by atoms with Crippen LogP contribution in [0.4, 0.5) is 0 Å². The van der Waals surface area contributed by atoms with E-state index >= 15 is 0 Å². The SMILES string of the molecule is Cc1cnc(CNC(=O)c2cn3c(n2)[C@H](C)N(C(=O)[C@@H]2C[C@H]2C)CC3)cn1. The van der Waals surface area contributed by atoms with E-state index in [1.807, 2.05) is 23.3 Å². The Hall–Kier alpha value is -2.77. The molecule has 1 N–H and O–H groups in total. The Morgan fingerprint density at radius 2 is 2.00 bits per heavy atom. The zero-order valence-electron chi connectivity index (χ0n) is 15.8. The maximum atomic E-state index is 12.6. The summed E-state index contributed by atoms with van der Waals surface area (Å²) in [6, 6.07) is -0.122. The van der Waals surface area contributed by atoms with Crippen molar-refractivity contribution in [3.8, 4) is 0 Å². The summed E-state index contributed by atoms with van der Waals surface area (Å²) in [5.41, 5.74) is 1.90. The molecule has 0 aromatic carbocycles. The van der Waals surface area contributed by atoms with Crippen molar-refractivity contribution in [3.05, 3.63) is 41.5 Å². The molecule has 2 aromatic heterocycles. The Labute approximate surface area is 158 Å². The summed E-state index contributed by atoms with van der Waals surface area (Å²) in [5, 5.41) is 2.83. The van der Waals surface area contributed by atoms with E-state index < -0.39 is 0 Å². The molecule has 0 radical (unpaired) electrons. The largest absolute Gasteiger partial charge is 0.345 e. The fraction of sp³-hybridized carbons (Fsp3) is 0.526. The highest BCUT2D eigenvalue weighted by atomic mass is 16.2. The molecule has 2 aliphatic rings. The number of imidazole rings is 1. The lowest BCUT2D eigenvalue weighted by atomic mass is 10.1. The van der Waals surface area contributed by atoms with Gasteiger partial charge in [0.1, 0.15) is 11.5 Å². The molecule has 8 nitrogen and oxygen atoms in total. The second-order valence-electron chi connectivity index (χ2n) is 7.54. The molecular weight excluding hydrogens is 344 g/mol. The molecule has 0 unspecified atom stereocenters. The van der Waals surface area contributed by atoms with Crippen LogP contribution in [0.15, 0.2) is 18.6 Å². The van der Waals surface area contributed by atoms with E-state index in [9.17, 15) is 9.59 Å². The number of fused-ring (bicyclic) bond motifs is 1. The van der Waals surface area contributed by atoms with Gasteiger partial charge >= 0.3 is 0 Å². The molecule has 2 aromatic rings. The van der Waals surface area contributed by atoms with Crippen LogP contribution in [0.25, 0.3) is 0 Å². The van der Waals surface area contributed by atoms with Gasteiger partial charge in [0.25, 0.3) is 5.91 Å². The number of carbonyl (C=O) groups excluding carboxylic acids is 2. The fourth-order valence-corrected chi connectivity index (χ4v) is 3.55. The molecule has 3 heterocycles. The Bertz CT molecular complexity index is 875. The van der Waals surface area contributed by atoms with Gasteiger partial charge in [-0.05, 0) is 26.2 Å². The van der Waals surface area contributed by atoms with Gasteiger partial charge in [-0.15, -0.1) is 0 Å². The number of hydrogen-bond donors (Lipinski definition) is 1. The van der Waals surface area contributed by atoms with E-state index in [2.05, 4.69) is 27.2 Å². The quantitative estimate of drug-likeness (QED) is 0.882. The molecule has 0 spiro atoms. The van der Waals surface area contributed by atoms with Crippen LogP contribution in [0.3, 0.4) is 0 Å². The first-order valence-electron chi connectivity index (χ1n) is 9.37.